The first kappa shape index (κ1) is 17.3. The summed E-state index contributed by atoms with van der Waals surface area (Å²) in [5, 5.41) is 8.14. The average Bonchev–Trinajstić information content (AvgIpc) is 3.15. The van der Waals surface area contributed by atoms with Gasteiger partial charge in [-0.1, -0.05) is 54.1 Å². The van der Waals surface area contributed by atoms with Crippen LogP contribution in [0.3, 0.4) is 0 Å². The van der Waals surface area contributed by atoms with E-state index in [0.717, 1.165) is 11.1 Å². The largest absolute Gasteiger partial charge is 0.463 e. The molecule has 1 N–H and O–H groups in total. The number of hydrogen-bond acceptors (Lipinski definition) is 5. The van der Waals surface area contributed by atoms with Crippen molar-refractivity contribution in [1.29, 1.82) is 0 Å². The van der Waals surface area contributed by atoms with Gasteiger partial charge < -0.3 is 10.1 Å². The van der Waals surface area contributed by atoms with E-state index in [2.05, 4.69) is 15.4 Å². The molecule has 0 radical (unpaired) electrons. The Hall–Kier alpha value is -3.12. The zero-order valence-corrected chi connectivity index (χ0v) is 15.3. The molecule has 4 rings (SSSR count). The van der Waals surface area contributed by atoms with Crippen LogP contribution in [0.25, 0.3) is 5.70 Å². The second kappa shape index (κ2) is 7.25. The van der Waals surface area contributed by atoms with Crippen LogP contribution < -0.4 is 5.32 Å². The van der Waals surface area contributed by atoms with Crippen molar-refractivity contribution in [2.75, 3.05) is 11.9 Å². The quantitative estimate of drug-likeness (QED) is 0.695. The molecule has 27 heavy (non-hydrogen) atoms. The van der Waals surface area contributed by atoms with Crippen LogP contribution >= 0.6 is 11.6 Å². The highest BCUT2D eigenvalue weighted by Crippen LogP contribution is 2.39. The smallest absolute Gasteiger partial charge is 0.338 e. The van der Waals surface area contributed by atoms with Gasteiger partial charge in [0, 0.05) is 5.02 Å². The minimum Gasteiger partial charge on any atom is -0.463 e. The predicted molar refractivity (Wildman–Crippen MR) is 103 cm³/mol. The SMILES string of the molecule is CCOC(=O)C1=C(c2ccccc2)Nc2ncnn2[C@H]1c1cccc(Cl)c1. The molecule has 1 aromatic heterocycles. The van der Waals surface area contributed by atoms with Crippen LogP contribution in [-0.2, 0) is 9.53 Å². The first-order valence-electron chi connectivity index (χ1n) is 8.57. The third-order valence-electron chi connectivity index (χ3n) is 4.32. The molecule has 0 bridgehead atoms. The number of carbonyl (C=O) groups is 1. The number of anilines is 1. The van der Waals surface area contributed by atoms with Crippen LogP contribution in [0.5, 0.6) is 0 Å². The third kappa shape index (κ3) is 3.19. The second-order valence-corrected chi connectivity index (χ2v) is 6.42. The minimum absolute atomic E-state index is 0.275. The Balaban J connectivity index is 1.97. The predicted octanol–water partition coefficient (Wildman–Crippen LogP) is 3.92. The highest BCUT2D eigenvalue weighted by Gasteiger charge is 2.36. The number of nitrogens with one attached hydrogen (secondary N) is 1. The molecule has 1 atom stereocenters. The van der Waals surface area contributed by atoms with Gasteiger partial charge in [0.25, 0.3) is 0 Å². The summed E-state index contributed by atoms with van der Waals surface area (Å²) in [7, 11) is 0. The van der Waals surface area contributed by atoms with Crippen molar-refractivity contribution in [3.05, 3.63) is 82.6 Å². The molecular formula is C20H17ClN4O2. The molecule has 0 fully saturated rings. The first-order chi connectivity index (χ1) is 13.2. The van der Waals surface area contributed by atoms with Gasteiger partial charge in [0.05, 0.1) is 17.9 Å². The topological polar surface area (TPSA) is 69.0 Å². The van der Waals surface area contributed by atoms with E-state index < -0.39 is 12.0 Å². The normalized spacial score (nSPS) is 15.9. The maximum atomic E-state index is 13.0. The summed E-state index contributed by atoms with van der Waals surface area (Å²) in [6.07, 6.45) is 1.45. The van der Waals surface area contributed by atoms with Crippen LogP contribution in [0.4, 0.5) is 5.95 Å². The van der Waals surface area contributed by atoms with Crippen LogP contribution in [-0.4, -0.2) is 27.3 Å². The van der Waals surface area contributed by atoms with E-state index in [1.165, 1.54) is 6.33 Å². The Morgan fingerprint density at radius 3 is 2.78 bits per heavy atom. The standard InChI is InChI=1S/C20H17ClN4O2/c1-2-27-19(26)16-17(13-7-4-3-5-8-13)24-20-22-12-23-25(20)18(16)14-9-6-10-15(21)11-14/h3-12,18H,2H2,1H3,(H,22,23,24)/t18-/m0/s1. The summed E-state index contributed by atoms with van der Waals surface area (Å²) < 4.78 is 7.05. The molecule has 136 valence electrons. The van der Waals surface area contributed by atoms with E-state index in [-0.39, 0.29) is 6.61 Å². The first-order valence-corrected chi connectivity index (χ1v) is 8.95. The summed E-state index contributed by atoms with van der Waals surface area (Å²) in [6.45, 7) is 2.06. The van der Waals surface area contributed by atoms with E-state index >= 15 is 0 Å². The molecule has 2 aromatic carbocycles. The van der Waals surface area contributed by atoms with E-state index in [0.29, 0.717) is 22.2 Å². The summed E-state index contributed by atoms with van der Waals surface area (Å²) in [5.41, 5.74) is 2.80. The fourth-order valence-electron chi connectivity index (χ4n) is 3.21. The summed E-state index contributed by atoms with van der Waals surface area (Å²) >= 11 is 6.21. The van der Waals surface area contributed by atoms with Gasteiger partial charge in [-0.05, 0) is 30.2 Å². The molecule has 7 heteroatoms. The molecule has 0 amide bonds. The minimum atomic E-state index is -0.503. The molecular weight excluding hydrogens is 364 g/mol. The van der Waals surface area contributed by atoms with Gasteiger partial charge in [-0.25, -0.2) is 9.48 Å². The number of halogens is 1. The molecule has 3 aromatic rings. The van der Waals surface area contributed by atoms with E-state index in [9.17, 15) is 4.79 Å². The van der Waals surface area contributed by atoms with Crippen molar-refractivity contribution in [1.82, 2.24) is 14.8 Å². The molecule has 6 nitrogen and oxygen atoms in total. The number of benzene rings is 2. The number of nitrogens with zero attached hydrogens (tertiary/aromatic N) is 3. The number of carbonyl (C=O) groups excluding carboxylic acids is 1. The molecule has 0 spiro atoms. The summed E-state index contributed by atoms with van der Waals surface area (Å²) in [6, 6.07) is 16.5. The lowest BCUT2D eigenvalue weighted by Gasteiger charge is -2.29. The number of aromatic nitrogens is 3. The molecule has 0 aliphatic carbocycles. The number of esters is 1. The van der Waals surface area contributed by atoms with Crippen molar-refractivity contribution in [2.45, 2.75) is 13.0 Å². The Labute approximate surface area is 161 Å². The Morgan fingerprint density at radius 2 is 2.04 bits per heavy atom. The molecule has 0 saturated carbocycles. The van der Waals surface area contributed by atoms with Crippen molar-refractivity contribution in [2.24, 2.45) is 0 Å². The number of fused-ring (bicyclic) bond motifs is 1. The zero-order valence-electron chi connectivity index (χ0n) is 14.6. The molecule has 1 aliphatic heterocycles. The van der Waals surface area contributed by atoms with E-state index in [1.54, 1.807) is 17.7 Å². The fraction of sp³-hybridized carbons (Fsp3) is 0.150. The Bertz CT molecular complexity index is 1010. The van der Waals surface area contributed by atoms with Gasteiger partial charge in [-0.3, -0.25) is 0 Å². The lowest BCUT2D eigenvalue weighted by atomic mass is 9.93. The van der Waals surface area contributed by atoms with E-state index in [1.807, 2.05) is 48.5 Å². The molecule has 1 aliphatic rings. The van der Waals surface area contributed by atoms with E-state index in [4.69, 9.17) is 16.3 Å². The number of hydrogen-bond donors (Lipinski definition) is 1. The van der Waals surface area contributed by atoms with Crippen LogP contribution in [0, 0.1) is 0 Å². The van der Waals surface area contributed by atoms with Gasteiger partial charge in [0.1, 0.15) is 12.4 Å². The van der Waals surface area contributed by atoms with Crippen LogP contribution in [0.2, 0.25) is 5.02 Å². The van der Waals surface area contributed by atoms with Crippen molar-refractivity contribution < 1.29 is 9.53 Å². The lowest BCUT2D eigenvalue weighted by Crippen LogP contribution is -2.30. The summed E-state index contributed by atoms with van der Waals surface area (Å²) in [4.78, 5) is 17.3. The fourth-order valence-corrected chi connectivity index (χ4v) is 3.40. The second-order valence-electron chi connectivity index (χ2n) is 5.99. The molecule has 2 heterocycles. The van der Waals surface area contributed by atoms with Gasteiger partial charge >= 0.3 is 5.97 Å². The van der Waals surface area contributed by atoms with Crippen molar-refractivity contribution in [3.63, 3.8) is 0 Å². The molecule has 0 saturated heterocycles. The van der Waals surface area contributed by atoms with Gasteiger partial charge in [-0.15, -0.1) is 0 Å². The molecule has 0 unspecified atom stereocenters. The van der Waals surface area contributed by atoms with Gasteiger partial charge in [0.2, 0.25) is 5.95 Å². The van der Waals surface area contributed by atoms with Gasteiger partial charge in [-0.2, -0.15) is 10.1 Å². The van der Waals surface area contributed by atoms with Crippen molar-refractivity contribution in [3.8, 4) is 0 Å². The number of ether oxygens (including phenoxy) is 1. The van der Waals surface area contributed by atoms with Crippen LogP contribution in [0.1, 0.15) is 24.1 Å². The van der Waals surface area contributed by atoms with Gasteiger partial charge in [0.15, 0.2) is 0 Å². The Kier molecular flexibility index (Phi) is 4.64. The maximum absolute atomic E-state index is 13.0. The lowest BCUT2D eigenvalue weighted by molar-refractivity contribution is -0.138. The third-order valence-corrected chi connectivity index (χ3v) is 4.55. The highest BCUT2D eigenvalue weighted by molar-refractivity contribution is 6.30. The van der Waals surface area contributed by atoms with Crippen molar-refractivity contribution >= 4 is 29.2 Å². The summed E-state index contributed by atoms with van der Waals surface area (Å²) in [5.74, 6) is 0.141. The van der Waals surface area contributed by atoms with Crippen LogP contribution in [0.15, 0.2) is 66.5 Å². The zero-order chi connectivity index (χ0) is 18.8. The number of rotatable bonds is 4. The maximum Gasteiger partial charge on any atom is 0.338 e. The average molecular weight is 381 g/mol. The Morgan fingerprint density at radius 1 is 1.22 bits per heavy atom. The monoisotopic (exact) mass is 380 g/mol. The highest BCUT2D eigenvalue weighted by atomic mass is 35.5.